The largest absolute Gasteiger partial charge is 0.245 e. The van der Waals surface area contributed by atoms with E-state index in [1.54, 1.807) is 0 Å². The number of para-hydroxylation sites is 2. The summed E-state index contributed by atoms with van der Waals surface area (Å²) in [5.41, 5.74) is 5.80. The second-order valence-corrected chi connectivity index (χ2v) is 5.97. The standard InChI is InChI=1S/C24H18N2/c1-3-9-19(10-4-1)15-17-23-24(18-16-20-11-5-2-6-12-20)26-22-14-8-7-13-21(22)25-23/h1-18H/b17-15+,18-16+. The molecular formula is C24H18N2. The van der Waals surface area contributed by atoms with Crippen LogP contribution in [0.15, 0.2) is 84.9 Å². The summed E-state index contributed by atoms with van der Waals surface area (Å²) in [6.45, 7) is 0. The first-order chi connectivity index (χ1) is 12.9. The molecule has 3 aromatic carbocycles. The summed E-state index contributed by atoms with van der Waals surface area (Å²) in [5.74, 6) is 0. The van der Waals surface area contributed by atoms with Crippen molar-refractivity contribution in [2.75, 3.05) is 0 Å². The van der Waals surface area contributed by atoms with E-state index >= 15 is 0 Å². The van der Waals surface area contributed by atoms with Crippen molar-refractivity contribution in [3.05, 3.63) is 107 Å². The fourth-order valence-corrected chi connectivity index (χ4v) is 2.75. The number of benzene rings is 3. The van der Waals surface area contributed by atoms with Crippen LogP contribution in [-0.2, 0) is 0 Å². The van der Waals surface area contributed by atoms with Crippen molar-refractivity contribution >= 4 is 35.3 Å². The monoisotopic (exact) mass is 334 g/mol. The zero-order valence-corrected chi connectivity index (χ0v) is 14.3. The molecule has 1 heterocycles. The number of nitrogens with zero attached hydrogens (tertiary/aromatic N) is 2. The van der Waals surface area contributed by atoms with Crippen molar-refractivity contribution in [2.24, 2.45) is 0 Å². The number of hydrogen-bond acceptors (Lipinski definition) is 2. The van der Waals surface area contributed by atoms with Gasteiger partial charge < -0.3 is 0 Å². The van der Waals surface area contributed by atoms with Crippen LogP contribution in [0.2, 0.25) is 0 Å². The van der Waals surface area contributed by atoms with Crippen LogP contribution in [-0.4, -0.2) is 9.97 Å². The Labute approximate surface area is 153 Å². The topological polar surface area (TPSA) is 25.8 Å². The van der Waals surface area contributed by atoms with Gasteiger partial charge in [-0.2, -0.15) is 0 Å². The highest BCUT2D eigenvalue weighted by Gasteiger charge is 2.04. The first-order valence-corrected chi connectivity index (χ1v) is 8.61. The summed E-state index contributed by atoms with van der Waals surface area (Å²) >= 11 is 0. The third-order valence-corrected chi connectivity index (χ3v) is 4.09. The van der Waals surface area contributed by atoms with Crippen LogP contribution in [0.5, 0.6) is 0 Å². The molecule has 124 valence electrons. The molecule has 0 amide bonds. The first-order valence-electron chi connectivity index (χ1n) is 8.61. The van der Waals surface area contributed by atoms with Crippen LogP contribution in [0.1, 0.15) is 22.5 Å². The van der Waals surface area contributed by atoms with Crippen molar-refractivity contribution in [2.45, 2.75) is 0 Å². The Bertz CT molecular complexity index is 977. The number of fused-ring (bicyclic) bond motifs is 1. The summed E-state index contributed by atoms with van der Waals surface area (Å²) in [6, 6.07) is 28.4. The summed E-state index contributed by atoms with van der Waals surface area (Å²) in [7, 11) is 0. The molecule has 4 aromatic rings. The predicted molar refractivity (Wildman–Crippen MR) is 110 cm³/mol. The Morgan fingerprint density at radius 3 is 1.23 bits per heavy atom. The highest BCUT2D eigenvalue weighted by Crippen LogP contribution is 2.18. The number of rotatable bonds is 4. The van der Waals surface area contributed by atoms with E-state index in [1.807, 2.05) is 72.8 Å². The zero-order chi connectivity index (χ0) is 17.6. The van der Waals surface area contributed by atoms with E-state index in [9.17, 15) is 0 Å². The van der Waals surface area contributed by atoms with E-state index < -0.39 is 0 Å². The van der Waals surface area contributed by atoms with Gasteiger partial charge in [-0.3, -0.25) is 0 Å². The minimum Gasteiger partial charge on any atom is -0.245 e. The van der Waals surface area contributed by atoms with Crippen LogP contribution in [0.4, 0.5) is 0 Å². The SMILES string of the molecule is C(=C\c1nc2ccccc2nc1/C=C/c1ccccc1)/c1ccccc1. The third-order valence-electron chi connectivity index (χ3n) is 4.09. The lowest BCUT2D eigenvalue weighted by atomic mass is 10.1. The van der Waals surface area contributed by atoms with Gasteiger partial charge in [0.15, 0.2) is 0 Å². The molecule has 1 aromatic heterocycles. The second kappa shape index (κ2) is 7.58. The lowest BCUT2D eigenvalue weighted by molar-refractivity contribution is 1.24. The highest BCUT2D eigenvalue weighted by atomic mass is 14.8. The summed E-state index contributed by atoms with van der Waals surface area (Å²) in [4.78, 5) is 9.60. The molecule has 0 bridgehead atoms. The number of hydrogen-bond donors (Lipinski definition) is 0. The van der Waals surface area contributed by atoms with Gasteiger partial charge >= 0.3 is 0 Å². The van der Waals surface area contributed by atoms with Gasteiger partial charge in [-0.15, -0.1) is 0 Å². The fourth-order valence-electron chi connectivity index (χ4n) is 2.75. The fraction of sp³-hybridized carbons (Fsp3) is 0. The molecule has 0 aliphatic rings. The van der Waals surface area contributed by atoms with Crippen LogP contribution >= 0.6 is 0 Å². The molecule has 0 radical (unpaired) electrons. The molecule has 2 heteroatoms. The maximum absolute atomic E-state index is 4.80. The molecule has 0 saturated heterocycles. The molecule has 0 aliphatic heterocycles. The summed E-state index contributed by atoms with van der Waals surface area (Å²) in [6.07, 6.45) is 8.19. The van der Waals surface area contributed by atoms with Gasteiger partial charge in [-0.1, -0.05) is 84.9 Å². The second-order valence-electron chi connectivity index (χ2n) is 5.97. The quantitative estimate of drug-likeness (QED) is 0.459. The smallest absolute Gasteiger partial charge is 0.0894 e. The molecule has 0 unspecified atom stereocenters. The van der Waals surface area contributed by atoms with Crippen LogP contribution < -0.4 is 0 Å². The van der Waals surface area contributed by atoms with E-state index in [2.05, 4.69) is 36.4 Å². The van der Waals surface area contributed by atoms with Crippen LogP contribution in [0, 0.1) is 0 Å². The van der Waals surface area contributed by atoms with Gasteiger partial charge in [0, 0.05) is 0 Å². The van der Waals surface area contributed by atoms with Crippen molar-refractivity contribution in [3.8, 4) is 0 Å². The normalized spacial score (nSPS) is 11.5. The average molecular weight is 334 g/mol. The zero-order valence-electron chi connectivity index (χ0n) is 14.3. The van der Waals surface area contributed by atoms with Crippen molar-refractivity contribution in [1.29, 1.82) is 0 Å². The maximum Gasteiger partial charge on any atom is 0.0894 e. The van der Waals surface area contributed by atoms with Gasteiger partial charge in [0.1, 0.15) is 0 Å². The first kappa shape index (κ1) is 16.0. The highest BCUT2D eigenvalue weighted by molar-refractivity contribution is 5.82. The minimum atomic E-state index is 0.861. The molecule has 0 spiro atoms. The van der Waals surface area contributed by atoms with E-state index in [-0.39, 0.29) is 0 Å². The Kier molecular flexibility index (Phi) is 4.66. The van der Waals surface area contributed by atoms with Crippen molar-refractivity contribution in [1.82, 2.24) is 9.97 Å². The van der Waals surface area contributed by atoms with Gasteiger partial charge in [0.2, 0.25) is 0 Å². The van der Waals surface area contributed by atoms with E-state index in [0.29, 0.717) is 0 Å². The molecule has 2 nitrogen and oxygen atoms in total. The van der Waals surface area contributed by atoms with Gasteiger partial charge in [0.05, 0.1) is 22.4 Å². The van der Waals surface area contributed by atoms with Gasteiger partial charge in [-0.05, 0) is 35.4 Å². The van der Waals surface area contributed by atoms with Crippen molar-refractivity contribution < 1.29 is 0 Å². The predicted octanol–water partition coefficient (Wildman–Crippen LogP) is 5.97. The Morgan fingerprint density at radius 2 is 0.808 bits per heavy atom. The number of aromatic nitrogens is 2. The van der Waals surface area contributed by atoms with E-state index in [0.717, 1.165) is 33.5 Å². The molecule has 0 N–H and O–H groups in total. The lowest BCUT2D eigenvalue weighted by Gasteiger charge is -2.04. The van der Waals surface area contributed by atoms with E-state index in [1.165, 1.54) is 0 Å². The van der Waals surface area contributed by atoms with Gasteiger partial charge in [0.25, 0.3) is 0 Å². The Morgan fingerprint density at radius 1 is 0.423 bits per heavy atom. The molecule has 0 saturated carbocycles. The molecule has 0 aliphatic carbocycles. The van der Waals surface area contributed by atoms with Crippen molar-refractivity contribution in [3.63, 3.8) is 0 Å². The Balaban J connectivity index is 1.76. The lowest BCUT2D eigenvalue weighted by Crippen LogP contribution is -1.93. The van der Waals surface area contributed by atoms with E-state index in [4.69, 9.17) is 9.97 Å². The molecule has 0 fully saturated rings. The summed E-state index contributed by atoms with van der Waals surface area (Å²) < 4.78 is 0. The third kappa shape index (κ3) is 3.76. The van der Waals surface area contributed by atoms with Gasteiger partial charge in [-0.25, -0.2) is 9.97 Å². The molecular weight excluding hydrogens is 316 g/mol. The minimum absolute atomic E-state index is 0.861. The Hall–Kier alpha value is -3.52. The summed E-state index contributed by atoms with van der Waals surface area (Å²) in [5, 5.41) is 0. The average Bonchev–Trinajstić information content (AvgIpc) is 2.72. The van der Waals surface area contributed by atoms with Crippen LogP contribution in [0.3, 0.4) is 0 Å². The van der Waals surface area contributed by atoms with Crippen LogP contribution in [0.25, 0.3) is 35.3 Å². The maximum atomic E-state index is 4.80. The molecule has 26 heavy (non-hydrogen) atoms. The molecule has 0 atom stereocenters. The molecule has 4 rings (SSSR count).